The standard InChI is InChI=1S/C9H8BrClO2S/c10-9-5-1-3-8(7-9)4-2-6-14(11,12)13/h1-3,5-7H,4H2/b6-2-. The molecule has 1 aromatic rings. The van der Waals surface area contributed by atoms with Crippen molar-refractivity contribution >= 4 is 35.7 Å². The first-order chi connectivity index (χ1) is 6.47. The molecule has 0 aromatic heterocycles. The highest BCUT2D eigenvalue weighted by Gasteiger charge is 1.96. The molecule has 0 spiro atoms. The third kappa shape index (κ3) is 4.79. The van der Waals surface area contributed by atoms with Crippen molar-refractivity contribution in [2.45, 2.75) is 6.42 Å². The quantitative estimate of drug-likeness (QED) is 0.803. The fourth-order valence-electron chi connectivity index (χ4n) is 0.963. The summed E-state index contributed by atoms with van der Waals surface area (Å²) in [6.07, 6.45) is 2.06. The molecule has 2 nitrogen and oxygen atoms in total. The first-order valence-electron chi connectivity index (χ1n) is 3.83. The Morgan fingerprint density at radius 2 is 2.14 bits per heavy atom. The molecule has 0 bridgehead atoms. The van der Waals surface area contributed by atoms with Gasteiger partial charge in [-0.2, -0.15) is 0 Å². The molecule has 0 radical (unpaired) electrons. The predicted molar refractivity (Wildman–Crippen MR) is 61.8 cm³/mol. The van der Waals surface area contributed by atoms with Crippen molar-refractivity contribution < 1.29 is 8.42 Å². The van der Waals surface area contributed by atoms with Crippen molar-refractivity contribution in [3.8, 4) is 0 Å². The zero-order chi connectivity index (χ0) is 10.6. The van der Waals surface area contributed by atoms with E-state index in [0.29, 0.717) is 6.42 Å². The summed E-state index contributed by atoms with van der Waals surface area (Å²) >= 11 is 3.33. The Labute approximate surface area is 96.1 Å². The van der Waals surface area contributed by atoms with Gasteiger partial charge in [0.2, 0.25) is 0 Å². The number of rotatable bonds is 3. The van der Waals surface area contributed by atoms with Crippen LogP contribution in [0.4, 0.5) is 0 Å². The summed E-state index contributed by atoms with van der Waals surface area (Å²) in [5, 5.41) is 0.995. The third-order valence-electron chi connectivity index (χ3n) is 1.50. The van der Waals surface area contributed by atoms with Crippen LogP contribution in [0, 0.1) is 0 Å². The Hall–Kier alpha value is -0.320. The van der Waals surface area contributed by atoms with Crippen molar-refractivity contribution in [1.82, 2.24) is 0 Å². The summed E-state index contributed by atoms with van der Waals surface area (Å²) in [7, 11) is 1.48. The minimum absolute atomic E-state index is 0.547. The molecule has 0 amide bonds. The summed E-state index contributed by atoms with van der Waals surface area (Å²) in [5.41, 5.74) is 1.02. The average molecular weight is 296 g/mol. The van der Waals surface area contributed by atoms with E-state index >= 15 is 0 Å². The highest BCUT2D eigenvalue weighted by Crippen LogP contribution is 2.12. The van der Waals surface area contributed by atoms with Gasteiger partial charge in [0, 0.05) is 20.6 Å². The highest BCUT2D eigenvalue weighted by molar-refractivity contribution is 9.10. The predicted octanol–water partition coefficient (Wildman–Crippen LogP) is 3.07. The second-order valence-corrected chi connectivity index (χ2v) is 6.11. The Morgan fingerprint density at radius 1 is 1.43 bits per heavy atom. The molecular weight excluding hydrogens is 288 g/mol. The lowest BCUT2D eigenvalue weighted by Crippen LogP contribution is -1.83. The van der Waals surface area contributed by atoms with Crippen LogP contribution < -0.4 is 0 Å². The molecule has 1 rings (SSSR count). The Kier molecular flexibility index (Phi) is 4.16. The van der Waals surface area contributed by atoms with E-state index < -0.39 is 9.05 Å². The van der Waals surface area contributed by atoms with E-state index in [9.17, 15) is 8.42 Å². The van der Waals surface area contributed by atoms with Gasteiger partial charge in [-0.25, -0.2) is 8.42 Å². The lowest BCUT2D eigenvalue weighted by atomic mass is 10.2. The molecule has 0 atom stereocenters. The van der Waals surface area contributed by atoms with Crippen LogP contribution in [0.5, 0.6) is 0 Å². The number of benzene rings is 1. The fourth-order valence-corrected chi connectivity index (χ4v) is 1.95. The van der Waals surface area contributed by atoms with Crippen molar-refractivity contribution in [3.63, 3.8) is 0 Å². The molecule has 0 unspecified atom stereocenters. The van der Waals surface area contributed by atoms with Crippen molar-refractivity contribution in [3.05, 3.63) is 45.8 Å². The first kappa shape index (κ1) is 11.8. The van der Waals surface area contributed by atoms with Gasteiger partial charge in [-0.05, 0) is 24.1 Å². The van der Waals surface area contributed by atoms with E-state index in [-0.39, 0.29) is 0 Å². The SMILES string of the molecule is O=S(=O)(Cl)/C=C\Cc1cccc(Br)c1. The van der Waals surface area contributed by atoms with Gasteiger partial charge in [0.1, 0.15) is 0 Å². The number of hydrogen-bond acceptors (Lipinski definition) is 2. The lowest BCUT2D eigenvalue weighted by Gasteiger charge is -1.96. The van der Waals surface area contributed by atoms with Crippen LogP contribution in [0.1, 0.15) is 5.56 Å². The molecule has 0 saturated heterocycles. The Morgan fingerprint density at radius 3 is 2.71 bits per heavy atom. The molecule has 0 aliphatic carbocycles. The number of allylic oxidation sites excluding steroid dienone is 1. The van der Waals surface area contributed by atoms with E-state index in [1.165, 1.54) is 6.08 Å². The summed E-state index contributed by atoms with van der Waals surface area (Å²) in [6, 6.07) is 7.63. The summed E-state index contributed by atoms with van der Waals surface area (Å²) in [4.78, 5) is 0. The van der Waals surface area contributed by atoms with Crippen LogP contribution in [0.2, 0.25) is 0 Å². The second-order valence-electron chi connectivity index (χ2n) is 2.68. The zero-order valence-electron chi connectivity index (χ0n) is 7.15. The molecule has 0 N–H and O–H groups in total. The Balaban J connectivity index is 2.67. The van der Waals surface area contributed by atoms with Crippen LogP contribution in [-0.4, -0.2) is 8.42 Å². The summed E-state index contributed by atoms with van der Waals surface area (Å²) in [6.45, 7) is 0. The molecule has 5 heteroatoms. The summed E-state index contributed by atoms with van der Waals surface area (Å²) < 4.78 is 22.1. The van der Waals surface area contributed by atoms with Crippen molar-refractivity contribution in [2.75, 3.05) is 0 Å². The van der Waals surface area contributed by atoms with E-state index in [4.69, 9.17) is 10.7 Å². The monoisotopic (exact) mass is 294 g/mol. The van der Waals surface area contributed by atoms with E-state index in [1.54, 1.807) is 0 Å². The van der Waals surface area contributed by atoms with Crippen LogP contribution in [0.25, 0.3) is 0 Å². The molecule has 0 fully saturated rings. The van der Waals surface area contributed by atoms with Gasteiger partial charge < -0.3 is 0 Å². The molecular formula is C9H8BrClO2S. The molecule has 76 valence electrons. The minimum Gasteiger partial charge on any atom is -0.208 e. The molecule has 0 heterocycles. The molecule has 0 saturated carbocycles. The first-order valence-corrected chi connectivity index (χ1v) is 6.99. The lowest BCUT2D eigenvalue weighted by molar-refractivity contribution is 0.617. The van der Waals surface area contributed by atoms with Gasteiger partial charge in [-0.1, -0.05) is 34.1 Å². The maximum absolute atomic E-state index is 10.6. The van der Waals surface area contributed by atoms with Crippen molar-refractivity contribution in [2.24, 2.45) is 0 Å². The average Bonchev–Trinajstić information content (AvgIpc) is 2.01. The third-order valence-corrected chi connectivity index (χ3v) is 2.82. The van der Waals surface area contributed by atoms with Crippen LogP contribution in [0.3, 0.4) is 0 Å². The molecule has 0 aliphatic rings. The highest BCUT2D eigenvalue weighted by atomic mass is 79.9. The van der Waals surface area contributed by atoms with E-state index in [0.717, 1.165) is 15.4 Å². The molecule has 1 aromatic carbocycles. The van der Waals surface area contributed by atoms with Crippen molar-refractivity contribution in [1.29, 1.82) is 0 Å². The molecule has 0 aliphatic heterocycles. The van der Waals surface area contributed by atoms with Crippen LogP contribution >= 0.6 is 26.6 Å². The zero-order valence-corrected chi connectivity index (χ0v) is 10.3. The topological polar surface area (TPSA) is 34.1 Å². The van der Waals surface area contributed by atoms with E-state index in [1.807, 2.05) is 24.3 Å². The van der Waals surface area contributed by atoms with Gasteiger partial charge >= 0.3 is 0 Å². The largest absolute Gasteiger partial charge is 0.254 e. The van der Waals surface area contributed by atoms with Gasteiger partial charge in [-0.3, -0.25) is 0 Å². The van der Waals surface area contributed by atoms with Crippen LogP contribution in [0.15, 0.2) is 40.2 Å². The Bertz CT molecular complexity index is 440. The maximum Gasteiger partial charge on any atom is 0.254 e. The number of hydrogen-bond donors (Lipinski definition) is 0. The van der Waals surface area contributed by atoms with Gasteiger partial charge in [0.25, 0.3) is 9.05 Å². The normalized spacial score (nSPS) is 12.1. The fraction of sp³-hybridized carbons (Fsp3) is 0.111. The van der Waals surface area contributed by atoms with E-state index in [2.05, 4.69) is 15.9 Å². The van der Waals surface area contributed by atoms with Gasteiger partial charge in [-0.15, -0.1) is 0 Å². The number of halogens is 2. The molecule has 14 heavy (non-hydrogen) atoms. The summed E-state index contributed by atoms with van der Waals surface area (Å²) in [5.74, 6) is 0. The van der Waals surface area contributed by atoms with Crippen LogP contribution in [-0.2, 0) is 15.5 Å². The maximum atomic E-state index is 10.6. The smallest absolute Gasteiger partial charge is 0.208 e. The van der Waals surface area contributed by atoms with Gasteiger partial charge in [0.15, 0.2) is 0 Å². The minimum atomic E-state index is -3.52. The van der Waals surface area contributed by atoms with Gasteiger partial charge in [0.05, 0.1) is 0 Å². The second kappa shape index (κ2) is 4.96.